The van der Waals surface area contributed by atoms with E-state index < -0.39 is 4.92 Å². The van der Waals surface area contributed by atoms with Crippen LogP contribution < -0.4 is 4.74 Å². The highest BCUT2D eigenvalue weighted by molar-refractivity contribution is 9.10. The molecule has 0 aliphatic rings. The summed E-state index contributed by atoms with van der Waals surface area (Å²) >= 11 is 3.33. The summed E-state index contributed by atoms with van der Waals surface area (Å²) in [6.45, 7) is 0.0400. The van der Waals surface area contributed by atoms with Crippen molar-refractivity contribution in [3.63, 3.8) is 0 Å². The second kappa shape index (κ2) is 8.46. The van der Waals surface area contributed by atoms with E-state index in [1.54, 1.807) is 48.5 Å². The number of nitro groups is 1. The number of hydrogen-bond acceptors (Lipinski definition) is 5. The summed E-state index contributed by atoms with van der Waals surface area (Å²) in [5.41, 5.74) is 0.455. The molecule has 0 saturated carbocycles. The Morgan fingerprint density at radius 3 is 2.74 bits per heavy atom. The molecule has 0 saturated heterocycles. The molecule has 0 unspecified atom stereocenters. The first-order valence-corrected chi connectivity index (χ1v) is 8.75. The van der Waals surface area contributed by atoms with Crippen molar-refractivity contribution in [2.45, 2.75) is 6.61 Å². The molecule has 6 nitrogen and oxygen atoms in total. The summed E-state index contributed by atoms with van der Waals surface area (Å²) in [6, 6.07) is 16.6. The summed E-state index contributed by atoms with van der Waals surface area (Å²) in [5, 5.41) is 11.0. The van der Waals surface area contributed by atoms with Gasteiger partial charge >= 0.3 is 5.69 Å². The normalized spacial score (nSPS) is 10.9. The quantitative estimate of drug-likeness (QED) is 0.217. The van der Waals surface area contributed by atoms with Gasteiger partial charge < -0.3 is 9.15 Å². The summed E-state index contributed by atoms with van der Waals surface area (Å²) in [4.78, 5) is 22.6. The van der Waals surface area contributed by atoms with E-state index in [4.69, 9.17) is 9.15 Å². The molecular formula is C20H14BrNO5. The van der Waals surface area contributed by atoms with Crippen molar-refractivity contribution in [1.29, 1.82) is 0 Å². The number of ketones is 1. The van der Waals surface area contributed by atoms with Crippen molar-refractivity contribution in [2.24, 2.45) is 0 Å². The van der Waals surface area contributed by atoms with Crippen molar-refractivity contribution in [2.75, 3.05) is 0 Å². The van der Waals surface area contributed by atoms with E-state index in [1.807, 2.05) is 6.07 Å². The topological polar surface area (TPSA) is 82.6 Å². The number of nitrogens with zero attached hydrogens (tertiary/aromatic N) is 1. The Morgan fingerprint density at radius 1 is 1.15 bits per heavy atom. The first kappa shape index (κ1) is 18.6. The van der Waals surface area contributed by atoms with Crippen LogP contribution in [-0.2, 0) is 6.61 Å². The minimum atomic E-state index is -0.501. The number of furan rings is 1. The van der Waals surface area contributed by atoms with E-state index >= 15 is 0 Å². The number of carbonyl (C=O) groups is 1. The molecule has 7 heteroatoms. The van der Waals surface area contributed by atoms with Crippen LogP contribution in [0.5, 0.6) is 5.75 Å². The summed E-state index contributed by atoms with van der Waals surface area (Å²) < 4.78 is 11.9. The monoisotopic (exact) mass is 427 g/mol. The summed E-state index contributed by atoms with van der Waals surface area (Å²) in [5.74, 6) is 0.994. The molecular weight excluding hydrogens is 414 g/mol. The Balaban J connectivity index is 1.63. The average molecular weight is 428 g/mol. The predicted molar refractivity (Wildman–Crippen MR) is 104 cm³/mol. The lowest BCUT2D eigenvalue weighted by molar-refractivity contribution is -0.386. The van der Waals surface area contributed by atoms with Crippen molar-refractivity contribution in [1.82, 2.24) is 0 Å². The molecule has 0 aliphatic carbocycles. The van der Waals surface area contributed by atoms with E-state index in [9.17, 15) is 14.9 Å². The van der Waals surface area contributed by atoms with Gasteiger partial charge in [-0.15, -0.1) is 0 Å². The number of hydrogen-bond donors (Lipinski definition) is 0. The number of halogens is 1. The maximum absolute atomic E-state index is 12.2. The standard InChI is InChI=1S/C20H14BrNO5/c21-15-5-3-4-14(12-15)19(23)11-10-16-8-9-17(27-16)13-26-20-7-2-1-6-18(20)22(24)25/h1-12H,13H2/b11-10+. The Morgan fingerprint density at radius 2 is 1.96 bits per heavy atom. The van der Waals surface area contributed by atoms with Gasteiger partial charge in [0.05, 0.1) is 4.92 Å². The lowest BCUT2D eigenvalue weighted by Crippen LogP contribution is -1.97. The minimum Gasteiger partial charge on any atom is -0.479 e. The van der Waals surface area contributed by atoms with Crippen molar-refractivity contribution in [3.8, 4) is 5.75 Å². The highest BCUT2D eigenvalue weighted by Crippen LogP contribution is 2.27. The molecule has 27 heavy (non-hydrogen) atoms. The second-order valence-electron chi connectivity index (χ2n) is 5.53. The van der Waals surface area contributed by atoms with Crippen LogP contribution in [-0.4, -0.2) is 10.7 Å². The van der Waals surface area contributed by atoms with Gasteiger partial charge in [-0.1, -0.05) is 40.2 Å². The number of para-hydroxylation sites is 2. The highest BCUT2D eigenvalue weighted by Gasteiger charge is 2.14. The third-order valence-electron chi connectivity index (χ3n) is 3.62. The van der Waals surface area contributed by atoms with Gasteiger partial charge in [-0.25, -0.2) is 0 Å². The molecule has 1 heterocycles. The van der Waals surface area contributed by atoms with Gasteiger partial charge in [-0.3, -0.25) is 14.9 Å². The number of allylic oxidation sites excluding steroid dienone is 1. The maximum Gasteiger partial charge on any atom is 0.310 e. The van der Waals surface area contributed by atoms with E-state index in [-0.39, 0.29) is 23.8 Å². The average Bonchev–Trinajstić information content (AvgIpc) is 3.12. The number of nitro benzene ring substituents is 1. The summed E-state index contributed by atoms with van der Waals surface area (Å²) in [6.07, 6.45) is 2.99. The molecule has 0 fully saturated rings. The summed E-state index contributed by atoms with van der Waals surface area (Å²) in [7, 11) is 0. The number of rotatable bonds is 7. The van der Waals surface area contributed by atoms with Crippen LogP contribution in [0.1, 0.15) is 21.9 Å². The fraction of sp³-hybridized carbons (Fsp3) is 0.0500. The molecule has 1 aromatic heterocycles. The zero-order valence-corrected chi connectivity index (χ0v) is 15.6. The highest BCUT2D eigenvalue weighted by atomic mass is 79.9. The zero-order valence-electron chi connectivity index (χ0n) is 14.0. The first-order chi connectivity index (χ1) is 13.0. The molecule has 0 N–H and O–H groups in total. The van der Waals surface area contributed by atoms with Crippen molar-refractivity contribution < 1.29 is 18.9 Å². The fourth-order valence-electron chi connectivity index (χ4n) is 2.34. The molecule has 3 rings (SSSR count). The van der Waals surface area contributed by atoms with Crippen LogP contribution in [0, 0.1) is 10.1 Å². The molecule has 2 aromatic carbocycles. The molecule has 0 spiro atoms. The Kier molecular flexibility index (Phi) is 5.83. The Hall–Kier alpha value is -3.19. The van der Waals surface area contributed by atoms with Gasteiger partial charge in [0.25, 0.3) is 0 Å². The second-order valence-corrected chi connectivity index (χ2v) is 6.44. The molecule has 0 atom stereocenters. The fourth-order valence-corrected chi connectivity index (χ4v) is 2.74. The van der Waals surface area contributed by atoms with Gasteiger partial charge in [0.15, 0.2) is 11.5 Å². The van der Waals surface area contributed by atoms with Crippen molar-refractivity contribution >= 4 is 33.5 Å². The maximum atomic E-state index is 12.2. The van der Waals surface area contributed by atoms with Gasteiger partial charge in [0.1, 0.15) is 18.1 Å². The van der Waals surface area contributed by atoms with E-state index in [2.05, 4.69) is 15.9 Å². The number of ether oxygens (including phenoxy) is 1. The first-order valence-electron chi connectivity index (χ1n) is 7.96. The van der Waals surface area contributed by atoms with Crippen molar-refractivity contribution in [3.05, 3.63) is 98.4 Å². The predicted octanol–water partition coefficient (Wildman–Crippen LogP) is 5.43. The van der Waals surface area contributed by atoms with Crippen LogP contribution >= 0.6 is 15.9 Å². The van der Waals surface area contributed by atoms with E-state index in [0.717, 1.165) is 4.47 Å². The molecule has 0 radical (unpaired) electrons. The molecule has 0 bridgehead atoms. The Labute approximate surface area is 163 Å². The van der Waals surface area contributed by atoms with Crippen LogP contribution in [0.4, 0.5) is 5.69 Å². The molecule has 0 amide bonds. The minimum absolute atomic E-state index is 0.0400. The van der Waals surface area contributed by atoms with Crippen LogP contribution in [0.2, 0.25) is 0 Å². The molecule has 3 aromatic rings. The molecule has 0 aliphatic heterocycles. The number of carbonyl (C=O) groups excluding carboxylic acids is 1. The zero-order chi connectivity index (χ0) is 19.2. The van der Waals surface area contributed by atoms with Crippen LogP contribution in [0.15, 0.2) is 75.6 Å². The van der Waals surface area contributed by atoms with Gasteiger partial charge in [-0.2, -0.15) is 0 Å². The smallest absolute Gasteiger partial charge is 0.310 e. The van der Waals surface area contributed by atoms with Crippen LogP contribution in [0.3, 0.4) is 0 Å². The number of benzene rings is 2. The lowest BCUT2D eigenvalue weighted by atomic mass is 10.1. The van der Waals surface area contributed by atoms with Gasteiger partial charge in [-0.05, 0) is 42.5 Å². The van der Waals surface area contributed by atoms with E-state index in [1.165, 1.54) is 18.2 Å². The van der Waals surface area contributed by atoms with Gasteiger partial charge in [0.2, 0.25) is 0 Å². The largest absolute Gasteiger partial charge is 0.479 e. The lowest BCUT2D eigenvalue weighted by Gasteiger charge is -2.04. The SMILES string of the molecule is O=C(/C=C/c1ccc(COc2ccccc2[N+](=O)[O-])o1)c1cccc(Br)c1. The Bertz CT molecular complexity index is 1010. The third-order valence-corrected chi connectivity index (χ3v) is 4.12. The van der Waals surface area contributed by atoms with E-state index in [0.29, 0.717) is 17.1 Å². The molecule has 136 valence electrons. The third kappa shape index (κ3) is 4.92. The van der Waals surface area contributed by atoms with Gasteiger partial charge in [0, 0.05) is 16.1 Å². The van der Waals surface area contributed by atoms with Crippen LogP contribution in [0.25, 0.3) is 6.08 Å².